The van der Waals surface area contributed by atoms with Gasteiger partial charge in [-0.25, -0.2) is 0 Å². The van der Waals surface area contributed by atoms with Crippen LogP contribution in [-0.2, 0) is 0 Å². The van der Waals surface area contributed by atoms with Crippen molar-refractivity contribution in [1.82, 2.24) is 9.80 Å². The van der Waals surface area contributed by atoms with Gasteiger partial charge in [-0.05, 0) is 33.6 Å². The summed E-state index contributed by atoms with van der Waals surface area (Å²) in [5, 5.41) is 0. The van der Waals surface area contributed by atoms with E-state index in [1.54, 1.807) is 0 Å². The smallest absolute Gasteiger partial charge is 0.147 e. The molecule has 0 aromatic carbocycles. The predicted octanol–water partition coefficient (Wildman–Crippen LogP) is 2.98. The molecule has 1 fully saturated rings. The van der Waals surface area contributed by atoms with Crippen molar-refractivity contribution in [3.05, 3.63) is 6.67 Å². The second kappa shape index (κ2) is 5.31. The quantitative estimate of drug-likeness (QED) is 0.704. The summed E-state index contributed by atoms with van der Waals surface area (Å²) in [5.74, 6) is 0. The third-order valence-corrected chi connectivity index (χ3v) is 3.02. The third kappa shape index (κ3) is 3.46. The molecule has 2 nitrogen and oxygen atoms in total. The van der Waals surface area contributed by atoms with Crippen molar-refractivity contribution >= 4 is 0 Å². The largest absolute Gasteiger partial charge is 0.278 e. The first kappa shape index (κ1) is 13.0. The number of unbranched alkanes of at least 4 members (excludes halogenated alkanes) is 1. The Morgan fingerprint density at radius 2 is 1.93 bits per heavy atom. The minimum absolute atomic E-state index is 0.210. The van der Waals surface area contributed by atoms with Crippen LogP contribution in [0.2, 0.25) is 0 Å². The summed E-state index contributed by atoms with van der Waals surface area (Å²) in [4.78, 5) is 4.77. The molecule has 2 radical (unpaired) electrons. The maximum absolute atomic E-state index is 3.53. The van der Waals surface area contributed by atoms with Crippen molar-refractivity contribution in [3.63, 3.8) is 0 Å². The van der Waals surface area contributed by atoms with Crippen LogP contribution in [0.25, 0.3) is 0 Å². The van der Waals surface area contributed by atoms with E-state index in [0.29, 0.717) is 6.04 Å². The molecule has 0 bridgehead atoms. The molecule has 1 atom stereocenters. The summed E-state index contributed by atoms with van der Waals surface area (Å²) in [7, 11) is 0. The normalized spacial score (nSPS) is 25.0. The lowest BCUT2D eigenvalue weighted by atomic mass is 10.0. The Labute approximate surface area is 95.6 Å². The minimum atomic E-state index is 0.210. The Kier molecular flexibility index (Phi) is 4.60. The Morgan fingerprint density at radius 1 is 1.27 bits per heavy atom. The topological polar surface area (TPSA) is 6.48 Å². The molecule has 0 spiro atoms. The fraction of sp³-hybridized carbons (Fsp3) is 0.923. The molecule has 0 amide bonds. The van der Waals surface area contributed by atoms with E-state index in [0.717, 1.165) is 6.54 Å². The summed E-state index contributed by atoms with van der Waals surface area (Å²) in [6.45, 7) is 17.2. The Balaban J connectivity index is 2.51. The first-order chi connectivity index (χ1) is 6.99. The van der Waals surface area contributed by atoms with Crippen LogP contribution in [0.5, 0.6) is 0 Å². The summed E-state index contributed by atoms with van der Waals surface area (Å²) >= 11 is 0. The highest BCUT2D eigenvalue weighted by Crippen LogP contribution is 2.28. The first-order valence-electron chi connectivity index (χ1n) is 6.29. The van der Waals surface area contributed by atoms with Crippen LogP contribution in [0.1, 0.15) is 53.9 Å². The van der Waals surface area contributed by atoms with Crippen molar-refractivity contribution in [3.8, 4) is 0 Å². The van der Waals surface area contributed by atoms with Gasteiger partial charge in [0.25, 0.3) is 0 Å². The molecule has 1 aliphatic heterocycles. The second-order valence-electron chi connectivity index (χ2n) is 5.50. The van der Waals surface area contributed by atoms with Crippen LogP contribution in [0.3, 0.4) is 0 Å². The number of rotatable bonds is 4. The van der Waals surface area contributed by atoms with Gasteiger partial charge in [-0.3, -0.25) is 9.80 Å². The molecule has 1 aliphatic rings. The summed E-state index contributed by atoms with van der Waals surface area (Å²) < 4.78 is 0. The SMILES string of the molecule is CCCCN1[C]N(C(C)(C)C)[C@H](CC)C1. The van der Waals surface area contributed by atoms with Crippen molar-refractivity contribution in [1.29, 1.82) is 0 Å². The molecule has 1 rings (SSSR count). The molecule has 88 valence electrons. The summed E-state index contributed by atoms with van der Waals surface area (Å²) in [6, 6.07) is 0.654. The molecule has 1 heterocycles. The molecule has 2 heteroatoms. The van der Waals surface area contributed by atoms with Gasteiger partial charge in [0.1, 0.15) is 6.67 Å². The van der Waals surface area contributed by atoms with Crippen LogP contribution in [0, 0.1) is 6.67 Å². The minimum Gasteiger partial charge on any atom is -0.278 e. The molecular formula is C13H26N2. The van der Waals surface area contributed by atoms with Crippen LogP contribution in [0.4, 0.5) is 0 Å². The molecule has 15 heavy (non-hydrogen) atoms. The van der Waals surface area contributed by atoms with E-state index in [4.69, 9.17) is 0 Å². The lowest BCUT2D eigenvalue weighted by Crippen LogP contribution is -2.43. The van der Waals surface area contributed by atoms with E-state index in [1.807, 2.05) is 0 Å². The standard InChI is InChI=1S/C13H26N2/c1-6-8-9-14-10-12(7-2)15(11-14)13(3,4)5/h12H,6-10H2,1-5H3/t12-/m1/s1. The summed E-state index contributed by atoms with van der Waals surface area (Å²) in [6.07, 6.45) is 3.76. The van der Waals surface area contributed by atoms with Crippen molar-refractivity contribution < 1.29 is 0 Å². The number of nitrogens with zero attached hydrogens (tertiary/aromatic N) is 2. The van der Waals surface area contributed by atoms with Crippen LogP contribution in [-0.4, -0.2) is 34.5 Å². The molecule has 0 aromatic heterocycles. The van der Waals surface area contributed by atoms with Gasteiger partial charge in [-0.15, -0.1) is 0 Å². The van der Waals surface area contributed by atoms with Gasteiger partial charge in [0.2, 0.25) is 0 Å². The molecule has 0 aliphatic carbocycles. The van der Waals surface area contributed by atoms with Gasteiger partial charge in [0, 0.05) is 24.7 Å². The third-order valence-electron chi connectivity index (χ3n) is 3.02. The van der Waals surface area contributed by atoms with E-state index in [-0.39, 0.29) is 5.54 Å². The Bertz CT molecular complexity index is 183. The zero-order valence-corrected chi connectivity index (χ0v) is 11.0. The van der Waals surface area contributed by atoms with E-state index in [2.05, 4.69) is 51.1 Å². The molecule has 1 saturated heterocycles. The number of hydrogen-bond acceptors (Lipinski definition) is 2. The summed E-state index contributed by atoms with van der Waals surface area (Å²) in [5.41, 5.74) is 0.210. The molecule has 0 aromatic rings. The molecule has 0 unspecified atom stereocenters. The predicted molar refractivity (Wildman–Crippen MR) is 65.4 cm³/mol. The monoisotopic (exact) mass is 210 g/mol. The van der Waals surface area contributed by atoms with Gasteiger partial charge in [0.15, 0.2) is 0 Å². The molecule has 0 saturated carbocycles. The van der Waals surface area contributed by atoms with Gasteiger partial charge < -0.3 is 0 Å². The zero-order valence-electron chi connectivity index (χ0n) is 11.0. The van der Waals surface area contributed by atoms with E-state index >= 15 is 0 Å². The molecule has 0 N–H and O–H groups in total. The fourth-order valence-electron chi connectivity index (χ4n) is 2.11. The van der Waals surface area contributed by atoms with Crippen molar-refractivity contribution in [2.24, 2.45) is 0 Å². The first-order valence-corrected chi connectivity index (χ1v) is 6.29. The molecular weight excluding hydrogens is 184 g/mol. The lowest BCUT2D eigenvalue weighted by molar-refractivity contribution is 0.144. The highest BCUT2D eigenvalue weighted by molar-refractivity contribution is 4.95. The Hall–Kier alpha value is -0.0800. The average molecular weight is 210 g/mol. The zero-order chi connectivity index (χ0) is 11.5. The average Bonchev–Trinajstić information content (AvgIpc) is 2.57. The van der Waals surface area contributed by atoms with Crippen LogP contribution in [0.15, 0.2) is 0 Å². The van der Waals surface area contributed by atoms with E-state index in [9.17, 15) is 0 Å². The van der Waals surface area contributed by atoms with Gasteiger partial charge in [-0.2, -0.15) is 0 Å². The van der Waals surface area contributed by atoms with E-state index < -0.39 is 0 Å². The van der Waals surface area contributed by atoms with Gasteiger partial charge >= 0.3 is 0 Å². The maximum Gasteiger partial charge on any atom is 0.147 e. The van der Waals surface area contributed by atoms with Crippen LogP contribution < -0.4 is 0 Å². The van der Waals surface area contributed by atoms with Gasteiger partial charge in [0.05, 0.1) is 0 Å². The van der Waals surface area contributed by atoms with Crippen molar-refractivity contribution in [2.45, 2.75) is 65.5 Å². The van der Waals surface area contributed by atoms with Gasteiger partial charge in [-0.1, -0.05) is 20.3 Å². The Morgan fingerprint density at radius 3 is 2.33 bits per heavy atom. The second-order valence-corrected chi connectivity index (χ2v) is 5.50. The highest BCUT2D eigenvalue weighted by atomic mass is 15.4. The number of hydrogen-bond donors (Lipinski definition) is 0. The fourth-order valence-corrected chi connectivity index (χ4v) is 2.11. The maximum atomic E-state index is 3.53. The van der Waals surface area contributed by atoms with E-state index in [1.165, 1.54) is 25.8 Å². The highest BCUT2D eigenvalue weighted by Gasteiger charge is 2.36. The lowest BCUT2D eigenvalue weighted by Gasteiger charge is -2.34. The van der Waals surface area contributed by atoms with Crippen molar-refractivity contribution in [2.75, 3.05) is 13.1 Å². The van der Waals surface area contributed by atoms with Crippen LogP contribution >= 0.6 is 0 Å².